The zero-order valence-electron chi connectivity index (χ0n) is 9.01. The summed E-state index contributed by atoms with van der Waals surface area (Å²) in [6, 6.07) is 3.05. The van der Waals surface area contributed by atoms with Crippen molar-refractivity contribution in [3.8, 4) is 5.69 Å². The number of carbonyl (C=O) groups is 1. The maximum Gasteiger partial charge on any atom is 0.313 e. The number of benzene rings is 1. The van der Waals surface area contributed by atoms with E-state index in [9.17, 15) is 13.6 Å². The summed E-state index contributed by atoms with van der Waals surface area (Å²) in [5, 5.41) is 8.87. The van der Waals surface area contributed by atoms with Crippen LogP contribution in [-0.2, 0) is 4.79 Å². The minimum atomic E-state index is -1.01. The highest BCUT2D eigenvalue weighted by Gasteiger charge is 2.12. The SMILES string of the molecule is O=C(O)CSc1nccn1-c1cc(F)ccc1F. The Labute approximate surface area is 105 Å². The first-order valence-corrected chi connectivity index (χ1v) is 5.90. The van der Waals surface area contributed by atoms with Crippen LogP contribution >= 0.6 is 11.8 Å². The Bertz CT molecular complexity index is 586. The van der Waals surface area contributed by atoms with Gasteiger partial charge in [-0.25, -0.2) is 13.8 Å². The monoisotopic (exact) mass is 270 g/mol. The lowest BCUT2D eigenvalue weighted by Gasteiger charge is -2.07. The lowest BCUT2D eigenvalue weighted by atomic mass is 10.3. The number of rotatable bonds is 4. The minimum absolute atomic E-state index is 0.000360. The molecule has 0 spiro atoms. The zero-order valence-corrected chi connectivity index (χ0v) is 9.82. The minimum Gasteiger partial charge on any atom is -0.481 e. The molecule has 0 atom stereocenters. The average Bonchev–Trinajstić information content (AvgIpc) is 2.77. The number of thioether (sulfide) groups is 1. The normalized spacial score (nSPS) is 10.6. The largest absolute Gasteiger partial charge is 0.481 e. The number of halogens is 2. The highest BCUT2D eigenvalue weighted by Crippen LogP contribution is 2.22. The third kappa shape index (κ3) is 2.67. The van der Waals surface area contributed by atoms with Crippen molar-refractivity contribution in [1.29, 1.82) is 0 Å². The Kier molecular flexibility index (Phi) is 3.61. The Morgan fingerprint density at radius 1 is 1.44 bits per heavy atom. The fourth-order valence-corrected chi connectivity index (χ4v) is 2.06. The van der Waals surface area contributed by atoms with Crippen LogP contribution in [0.15, 0.2) is 35.7 Å². The van der Waals surface area contributed by atoms with Gasteiger partial charge in [0.1, 0.15) is 11.6 Å². The number of carboxylic acid groups (broad SMARTS) is 1. The second-order valence-electron chi connectivity index (χ2n) is 3.36. The van der Waals surface area contributed by atoms with E-state index < -0.39 is 17.6 Å². The van der Waals surface area contributed by atoms with Crippen molar-refractivity contribution in [3.05, 3.63) is 42.2 Å². The first kappa shape index (κ1) is 12.6. The van der Waals surface area contributed by atoms with E-state index in [4.69, 9.17) is 5.11 Å². The smallest absolute Gasteiger partial charge is 0.313 e. The number of imidazole rings is 1. The number of hydrogen-bond acceptors (Lipinski definition) is 3. The summed E-state index contributed by atoms with van der Waals surface area (Å²) in [6.45, 7) is 0. The summed E-state index contributed by atoms with van der Waals surface area (Å²) < 4.78 is 28.0. The topological polar surface area (TPSA) is 55.1 Å². The van der Waals surface area contributed by atoms with Crippen molar-refractivity contribution in [1.82, 2.24) is 9.55 Å². The van der Waals surface area contributed by atoms with E-state index in [-0.39, 0.29) is 11.4 Å². The third-order valence-corrected chi connectivity index (χ3v) is 3.05. The van der Waals surface area contributed by atoms with Crippen LogP contribution in [0, 0.1) is 11.6 Å². The molecular formula is C11H8F2N2O2S. The van der Waals surface area contributed by atoms with Crippen molar-refractivity contribution in [2.24, 2.45) is 0 Å². The van der Waals surface area contributed by atoms with Crippen LogP contribution < -0.4 is 0 Å². The fraction of sp³-hybridized carbons (Fsp3) is 0.0909. The Morgan fingerprint density at radius 2 is 2.22 bits per heavy atom. The highest BCUT2D eigenvalue weighted by atomic mass is 32.2. The molecule has 0 bridgehead atoms. The van der Waals surface area contributed by atoms with Crippen LogP contribution in [0.25, 0.3) is 5.69 Å². The molecule has 0 aliphatic rings. The molecule has 4 nitrogen and oxygen atoms in total. The van der Waals surface area contributed by atoms with Crippen LogP contribution in [0.2, 0.25) is 0 Å². The molecule has 0 aliphatic carbocycles. The molecule has 0 unspecified atom stereocenters. The number of nitrogens with zero attached hydrogens (tertiary/aromatic N) is 2. The van der Waals surface area contributed by atoms with E-state index in [1.54, 1.807) is 0 Å². The molecule has 18 heavy (non-hydrogen) atoms. The van der Waals surface area contributed by atoms with Crippen molar-refractivity contribution in [2.45, 2.75) is 5.16 Å². The van der Waals surface area contributed by atoms with E-state index in [0.29, 0.717) is 5.16 Å². The molecule has 0 saturated carbocycles. The summed E-state index contributed by atoms with van der Waals surface area (Å²) in [5.41, 5.74) is 0.000360. The van der Waals surface area contributed by atoms with Gasteiger partial charge in [-0.05, 0) is 12.1 Å². The van der Waals surface area contributed by atoms with Crippen LogP contribution in [0.5, 0.6) is 0 Å². The molecule has 2 rings (SSSR count). The van der Waals surface area contributed by atoms with E-state index in [2.05, 4.69) is 4.98 Å². The van der Waals surface area contributed by atoms with Gasteiger partial charge >= 0.3 is 5.97 Å². The van der Waals surface area contributed by atoms with Crippen molar-refractivity contribution < 1.29 is 18.7 Å². The molecule has 7 heteroatoms. The van der Waals surface area contributed by atoms with Gasteiger partial charge < -0.3 is 5.11 Å². The molecule has 2 aromatic rings. The first-order chi connectivity index (χ1) is 8.58. The molecule has 1 N–H and O–H groups in total. The third-order valence-electron chi connectivity index (χ3n) is 2.10. The van der Waals surface area contributed by atoms with Gasteiger partial charge in [0, 0.05) is 18.5 Å². The first-order valence-electron chi connectivity index (χ1n) is 4.91. The Balaban J connectivity index is 2.36. The van der Waals surface area contributed by atoms with Gasteiger partial charge in [0.15, 0.2) is 5.16 Å². The van der Waals surface area contributed by atoms with E-state index in [0.717, 1.165) is 30.0 Å². The second-order valence-corrected chi connectivity index (χ2v) is 4.30. The number of hydrogen-bond donors (Lipinski definition) is 1. The zero-order chi connectivity index (χ0) is 13.1. The number of aliphatic carboxylic acids is 1. The number of carboxylic acids is 1. The van der Waals surface area contributed by atoms with Gasteiger partial charge in [-0.3, -0.25) is 9.36 Å². The van der Waals surface area contributed by atoms with Crippen molar-refractivity contribution >= 4 is 17.7 Å². The molecule has 1 heterocycles. The summed E-state index contributed by atoms with van der Waals surface area (Å²) in [4.78, 5) is 14.4. The maximum atomic E-state index is 13.6. The van der Waals surface area contributed by atoms with Crippen LogP contribution in [-0.4, -0.2) is 26.4 Å². The predicted molar refractivity (Wildman–Crippen MR) is 61.8 cm³/mol. The molecule has 0 fully saturated rings. The van der Waals surface area contributed by atoms with Crippen molar-refractivity contribution in [2.75, 3.05) is 5.75 Å². The van der Waals surface area contributed by atoms with Gasteiger partial charge in [0.25, 0.3) is 0 Å². The maximum absolute atomic E-state index is 13.6. The standard InChI is InChI=1S/C11H8F2N2O2S/c12-7-1-2-8(13)9(5-7)15-4-3-14-11(15)18-6-10(16)17/h1-5H,6H2,(H,16,17). The lowest BCUT2D eigenvalue weighted by Crippen LogP contribution is -2.03. The summed E-state index contributed by atoms with van der Waals surface area (Å²) in [7, 11) is 0. The molecule has 94 valence electrons. The van der Waals surface area contributed by atoms with Gasteiger partial charge in [-0.1, -0.05) is 11.8 Å². The van der Waals surface area contributed by atoms with E-state index in [1.165, 1.54) is 17.0 Å². The van der Waals surface area contributed by atoms with Crippen LogP contribution in [0.3, 0.4) is 0 Å². The van der Waals surface area contributed by atoms with Crippen LogP contribution in [0.4, 0.5) is 8.78 Å². The van der Waals surface area contributed by atoms with Gasteiger partial charge in [0.2, 0.25) is 0 Å². The summed E-state index contributed by atoms with van der Waals surface area (Å²) in [6.07, 6.45) is 2.84. The van der Waals surface area contributed by atoms with E-state index >= 15 is 0 Å². The number of aromatic nitrogens is 2. The fourth-order valence-electron chi connectivity index (χ4n) is 1.38. The highest BCUT2D eigenvalue weighted by molar-refractivity contribution is 7.99. The quantitative estimate of drug-likeness (QED) is 0.866. The molecule has 0 amide bonds. The second kappa shape index (κ2) is 5.18. The summed E-state index contributed by atoms with van der Waals surface area (Å²) >= 11 is 0.934. The molecule has 1 aromatic carbocycles. The van der Waals surface area contributed by atoms with Crippen LogP contribution in [0.1, 0.15) is 0 Å². The summed E-state index contributed by atoms with van der Waals surface area (Å²) in [5.74, 6) is -2.39. The van der Waals surface area contributed by atoms with Gasteiger partial charge in [0.05, 0.1) is 11.4 Å². The predicted octanol–water partition coefficient (Wildman–Crippen LogP) is 2.33. The molecular weight excluding hydrogens is 262 g/mol. The van der Waals surface area contributed by atoms with Gasteiger partial charge in [-0.2, -0.15) is 0 Å². The molecule has 1 aromatic heterocycles. The molecule has 0 aliphatic heterocycles. The molecule has 0 saturated heterocycles. The van der Waals surface area contributed by atoms with Crippen molar-refractivity contribution in [3.63, 3.8) is 0 Å². The van der Waals surface area contributed by atoms with Gasteiger partial charge in [-0.15, -0.1) is 0 Å². The Hall–Kier alpha value is -1.89. The van der Waals surface area contributed by atoms with E-state index in [1.807, 2.05) is 0 Å². The lowest BCUT2D eigenvalue weighted by molar-refractivity contribution is -0.133. The molecule has 0 radical (unpaired) electrons. The Morgan fingerprint density at radius 3 is 2.94 bits per heavy atom. The average molecular weight is 270 g/mol.